The van der Waals surface area contributed by atoms with Crippen LogP contribution in [0.15, 0.2) is 18.2 Å². The van der Waals surface area contributed by atoms with Gasteiger partial charge in [0.1, 0.15) is 17.8 Å². The van der Waals surface area contributed by atoms with E-state index >= 15 is 0 Å². The molecule has 0 spiro atoms. The maximum atomic E-state index is 11.3. The van der Waals surface area contributed by atoms with Crippen LogP contribution in [0.5, 0.6) is 5.75 Å². The summed E-state index contributed by atoms with van der Waals surface area (Å²) >= 11 is 0. The Morgan fingerprint density at radius 1 is 1.20 bits per heavy atom. The minimum absolute atomic E-state index is 0.183. The SMILES string of the molecule is CC(C)(C)c1cc(C(O)N2CCC(=O)CC2)ccc1O. The van der Waals surface area contributed by atoms with Crippen molar-refractivity contribution in [3.8, 4) is 5.75 Å². The number of phenols is 1. The van der Waals surface area contributed by atoms with Crippen molar-refractivity contribution >= 4 is 5.78 Å². The number of carbonyl (C=O) groups is 1. The normalized spacial score (nSPS) is 19.1. The summed E-state index contributed by atoms with van der Waals surface area (Å²) in [6, 6.07) is 5.23. The molecular weight excluding hydrogens is 254 g/mol. The highest BCUT2D eigenvalue weighted by molar-refractivity contribution is 5.79. The van der Waals surface area contributed by atoms with Crippen LogP contribution in [-0.2, 0) is 10.2 Å². The standard InChI is InChI=1S/C16H23NO3/c1-16(2,3)13-10-11(4-5-14(13)19)15(20)17-8-6-12(18)7-9-17/h4-5,10,15,19-20H,6-9H2,1-3H3. The molecule has 0 aromatic heterocycles. The van der Waals surface area contributed by atoms with Crippen LogP contribution >= 0.6 is 0 Å². The van der Waals surface area contributed by atoms with Gasteiger partial charge in [-0.15, -0.1) is 0 Å². The molecule has 0 radical (unpaired) electrons. The van der Waals surface area contributed by atoms with Crippen molar-refractivity contribution < 1.29 is 15.0 Å². The van der Waals surface area contributed by atoms with Crippen LogP contribution < -0.4 is 0 Å². The Morgan fingerprint density at radius 2 is 1.80 bits per heavy atom. The smallest absolute Gasteiger partial charge is 0.135 e. The second kappa shape index (κ2) is 5.54. The van der Waals surface area contributed by atoms with E-state index in [4.69, 9.17) is 0 Å². The molecule has 2 rings (SSSR count). The largest absolute Gasteiger partial charge is 0.508 e. The number of rotatable bonds is 2. The highest BCUT2D eigenvalue weighted by atomic mass is 16.3. The summed E-state index contributed by atoms with van der Waals surface area (Å²) in [4.78, 5) is 13.2. The Morgan fingerprint density at radius 3 is 2.35 bits per heavy atom. The van der Waals surface area contributed by atoms with Crippen LogP contribution in [0.2, 0.25) is 0 Å². The third-order valence-corrected chi connectivity index (χ3v) is 3.83. The first-order chi connectivity index (χ1) is 9.29. The van der Waals surface area contributed by atoms with E-state index in [0.29, 0.717) is 25.9 Å². The number of aliphatic hydroxyl groups is 1. The Kier molecular flexibility index (Phi) is 4.16. The van der Waals surface area contributed by atoms with Gasteiger partial charge in [0.05, 0.1) is 0 Å². The number of aliphatic hydroxyl groups excluding tert-OH is 1. The minimum atomic E-state index is -0.718. The number of phenolic OH excluding ortho intramolecular Hbond substituents is 1. The molecule has 0 aliphatic carbocycles. The van der Waals surface area contributed by atoms with E-state index in [2.05, 4.69) is 0 Å². The first kappa shape index (κ1) is 15.0. The summed E-state index contributed by atoms with van der Waals surface area (Å²) in [7, 11) is 0. The van der Waals surface area contributed by atoms with Gasteiger partial charge in [-0.2, -0.15) is 0 Å². The fourth-order valence-electron chi connectivity index (χ4n) is 2.54. The molecule has 1 atom stereocenters. The zero-order valence-electron chi connectivity index (χ0n) is 12.4. The Balaban J connectivity index is 2.22. The van der Waals surface area contributed by atoms with Crippen molar-refractivity contribution in [2.75, 3.05) is 13.1 Å². The summed E-state index contributed by atoms with van der Waals surface area (Å²) in [5, 5.41) is 20.4. The average molecular weight is 277 g/mol. The maximum Gasteiger partial charge on any atom is 0.135 e. The van der Waals surface area contributed by atoms with Crippen LogP contribution in [-0.4, -0.2) is 34.0 Å². The molecule has 1 aromatic rings. The number of benzene rings is 1. The van der Waals surface area contributed by atoms with Crippen LogP contribution in [0, 0.1) is 0 Å². The van der Waals surface area contributed by atoms with Gasteiger partial charge >= 0.3 is 0 Å². The van der Waals surface area contributed by atoms with E-state index in [1.807, 2.05) is 31.7 Å². The summed E-state index contributed by atoms with van der Waals surface area (Å²) in [5.41, 5.74) is 1.40. The third-order valence-electron chi connectivity index (χ3n) is 3.83. The predicted molar refractivity (Wildman–Crippen MR) is 77.6 cm³/mol. The molecule has 4 nitrogen and oxygen atoms in total. The molecule has 1 unspecified atom stereocenters. The van der Waals surface area contributed by atoms with Gasteiger partial charge in [0.15, 0.2) is 0 Å². The summed E-state index contributed by atoms with van der Waals surface area (Å²) in [5.74, 6) is 0.511. The van der Waals surface area contributed by atoms with Gasteiger partial charge in [-0.3, -0.25) is 9.69 Å². The molecule has 2 N–H and O–H groups in total. The van der Waals surface area contributed by atoms with Gasteiger partial charge in [0.2, 0.25) is 0 Å². The Bertz CT molecular complexity index is 495. The molecule has 0 amide bonds. The molecule has 1 fully saturated rings. The lowest BCUT2D eigenvalue weighted by molar-refractivity contribution is -0.124. The van der Waals surface area contributed by atoms with E-state index in [1.54, 1.807) is 12.1 Å². The molecule has 1 heterocycles. The monoisotopic (exact) mass is 277 g/mol. The second-order valence-electron chi connectivity index (χ2n) is 6.47. The van der Waals surface area contributed by atoms with Gasteiger partial charge in [0.25, 0.3) is 0 Å². The van der Waals surface area contributed by atoms with Crippen molar-refractivity contribution in [2.24, 2.45) is 0 Å². The lowest BCUT2D eigenvalue weighted by Gasteiger charge is -2.31. The Hall–Kier alpha value is -1.39. The number of ketones is 1. The van der Waals surface area contributed by atoms with Gasteiger partial charge < -0.3 is 10.2 Å². The molecular formula is C16H23NO3. The molecule has 1 saturated heterocycles. The van der Waals surface area contributed by atoms with Crippen molar-refractivity contribution in [2.45, 2.75) is 45.3 Å². The number of nitrogens with zero attached hydrogens (tertiary/aromatic N) is 1. The van der Waals surface area contributed by atoms with Crippen LogP contribution in [0.4, 0.5) is 0 Å². The fraction of sp³-hybridized carbons (Fsp3) is 0.562. The Labute approximate surface area is 120 Å². The number of carbonyl (C=O) groups excluding carboxylic acids is 1. The van der Waals surface area contributed by atoms with E-state index in [-0.39, 0.29) is 16.9 Å². The molecule has 1 aliphatic heterocycles. The zero-order valence-corrected chi connectivity index (χ0v) is 12.4. The van der Waals surface area contributed by atoms with E-state index in [0.717, 1.165) is 11.1 Å². The molecule has 1 aliphatic rings. The first-order valence-electron chi connectivity index (χ1n) is 7.06. The lowest BCUT2D eigenvalue weighted by atomic mass is 9.85. The highest BCUT2D eigenvalue weighted by Gasteiger charge is 2.25. The lowest BCUT2D eigenvalue weighted by Crippen LogP contribution is -2.36. The molecule has 0 saturated carbocycles. The summed E-state index contributed by atoms with van der Waals surface area (Å²) < 4.78 is 0. The van der Waals surface area contributed by atoms with Crippen molar-refractivity contribution in [1.82, 2.24) is 4.90 Å². The quantitative estimate of drug-likeness (QED) is 0.871. The molecule has 0 bridgehead atoms. The number of hydrogen-bond acceptors (Lipinski definition) is 4. The molecule has 1 aromatic carbocycles. The fourth-order valence-corrected chi connectivity index (χ4v) is 2.54. The van der Waals surface area contributed by atoms with Gasteiger partial charge in [-0.05, 0) is 28.7 Å². The van der Waals surface area contributed by atoms with Gasteiger partial charge in [0, 0.05) is 25.9 Å². The average Bonchev–Trinajstić information content (AvgIpc) is 2.38. The second-order valence-corrected chi connectivity index (χ2v) is 6.47. The number of likely N-dealkylation sites (tertiary alicyclic amines) is 1. The van der Waals surface area contributed by atoms with Crippen molar-refractivity contribution in [3.05, 3.63) is 29.3 Å². The summed E-state index contributed by atoms with van der Waals surface area (Å²) in [6.45, 7) is 7.25. The topological polar surface area (TPSA) is 60.8 Å². The maximum absolute atomic E-state index is 11.3. The summed E-state index contributed by atoms with van der Waals surface area (Å²) in [6.07, 6.45) is 0.285. The highest BCUT2D eigenvalue weighted by Crippen LogP contribution is 2.33. The predicted octanol–water partition coefficient (Wildman–Crippen LogP) is 2.35. The number of hydrogen-bond donors (Lipinski definition) is 2. The van der Waals surface area contributed by atoms with Crippen molar-refractivity contribution in [3.63, 3.8) is 0 Å². The van der Waals surface area contributed by atoms with Crippen LogP contribution in [0.3, 0.4) is 0 Å². The third kappa shape index (κ3) is 3.19. The van der Waals surface area contributed by atoms with E-state index in [9.17, 15) is 15.0 Å². The van der Waals surface area contributed by atoms with Crippen molar-refractivity contribution in [1.29, 1.82) is 0 Å². The molecule has 20 heavy (non-hydrogen) atoms. The number of aromatic hydroxyl groups is 1. The number of Topliss-reactive ketones (excluding diaryl/α,β-unsaturated/α-hetero) is 1. The van der Waals surface area contributed by atoms with Gasteiger partial charge in [-0.25, -0.2) is 0 Å². The van der Waals surface area contributed by atoms with Crippen LogP contribution in [0.1, 0.15) is 51.0 Å². The van der Waals surface area contributed by atoms with E-state index < -0.39 is 6.23 Å². The van der Waals surface area contributed by atoms with Gasteiger partial charge in [-0.1, -0.05) is 26.8 Å². The van der Waals surface area contributed by atoms with E-state index in [1.165, 1.54) is 0 Å². The van der Waals surface area contributed by atoms with Crippen LogP contribution in [0.25, 0.3) is 0 Å². The zero-order chi connectivity index (χ0) is 14.9. The first-order valence-corrected chi connectivity index (χ1v) is 7.06. The molecule has 4 heteroatoms. The minimum Gasteiger partial charge on any atom is -0.508 e. The number of piperidine rings is 1. The molecule has 110 valence electrons.